The van der Waals surface area contributed by atoms with Crippen molar-refractivity contribution in [1.29, 1.82) is 0 Å². The molecule has 0 radical (unpaired) electrons. The van der Waals surface area contributed by atoms with E-state index in [1.807, 2.05) is 6.08 Å². The van der Waals surface area contributed by atoms with Crippen LogP contribution in [-0.2, 0) is 18.7 Å². The van der Waals surface area contributed by atoms with E-state index in [0.717, 1.165) is 42.1 Å². The van der Waals surface area contributed by atoms with E-state index in [2.05, 4.69) is 59.1 Å². The van der Waals surface area contributed by atoms with Crippen molar-refractivity contribution in [1.82, 2.24) is 0 Å². The Balaban J connectivity index is 2.23. The number of carbonyl (C=O) groups is 1. The topological polar surface area (TPSA) is 48.1 Å². The number of hydrogen-bond donors (Lipinski definition) is 0. The average molecular weight is 417 g/mol. The van der Waals surface area contributed by atoms with E-state index in [1.54, 1.807) is 0 Å². The van der Waals surface area contributed by atoms with Crippen LogP contribution in [0.4, 0.5) is 0 Å². The van der Waals surface area contributed by atoms with E-state index in [0.29, 0.717) is 0 Å². The van der Waals surface area contributed by atoms with Gasteiger partial charge in [0.25, 0.3) is 0 Å². The Labute approximate surface area is 177 Å². The zero-order chi connectivity index (χ0) is 21.6. The minimum atomic E-state index is -1.83. The molecule has 1 aliphatic heterocycles. The van der Waals surface area contributed by atoms with E-state index in [4.69, 9.17) is 13.9 Å². The zero-order valence-corrected chi connectivity index (χ0v) is 19.8. The molecule has 29 heavy (non-hydrogen) atoms. The molecule has 0 amide bonds. The summed E-state index contributed by atoms with van der Waals surface area (Å²) in [5.74, 6) is 6.18. The van der Waals surface area contributed by atoms with Crippen molar-refractivity contribution in [3.63, 3.8) is 0 Å². The van der Waals surface area contributed by atoms with Gasteiger partial charge in [0.1, 0.15) is 24.4 Å². The van der Waals surface area contributed by atoms with E-state index in [9.17, 15) is 4.79 Å². The largest absolute Gasteiger partial charge is 0.455 e. The number of rotatable bonds is 9. The number of hydrogen-bond acceptors (Lipinski definition) is 4. The maximum absolute atomic E-state index is 11.5. The van der Waals surface area contributed by atoms with Crippen LogP contribution in [-0.4, -0.2) is 38.7 Å². The van der Waals surface area contributed by atoms with Crippen LogP contribution < -0.4 is 0 Å². The molecule has 2 rings (SSSR count). The lowest BCUT2D eigenvalue weighted by atomic mass is 9.94. The molecule has 0 N–H and O–H groups in total. The highest BCUT2D eigenvalue weighted by atomic mass is 28.4. The van der Waals surface area contributed by atoms with Crippen molar-refractivity contribution in [2.24, 2.45) is 0 Å². The molecule has 4 nitrogen and oxygen atoms in total. The SMILES string of the molecule is C=C(C#CC1=C[C@@H](OC(C)=O)[C@@H]2O[C@@H]2[C@@H]1O[Si](CC)(CC)CC)CCC=C(C)C. The van der Waals surface area contributed by atoms with Crippen molar-refractivity contribution in [2.45, 2.75) is 96.9 Å². The van der Waals surface area contributed by atoms with Crippen molar-refractivity contribution < 1.29 is 18.7 Å². The first-order chi connectivity index (χ1) is 13.7. The Morgan fingerprint density at radius 1 is 1.21 bits per heavy atom. The summed E-state index contributed by atoms with van der Waals surface area (Å²) in [7, 11) is -1.83. The minimum absolute atomic E-state index is 0.0795. The third-order valence-electron chi connectivity index (χ3n) is 5.83. The molecule has 0 aromatic heterocycles. The van der Waals surface area contributed by atoms with Gasteiger partial charge in [-0.05, 0) is 56.5 Å². The summed E-state index contributed by atoms with van der Waals surface area (Å²) >= 11 is 0. The molecule has 1 fully saturated rings. The Morgan fingerprint density at radius 2 is 1.86 bits per heavy atom. The van der Waals surface area contributed by atoms with Crippen LogP contribution in [0.25, 0.3) is 0 Å². The fourth-order valence-corrected chi connectivity index (χ4v) is 6.55. The van der Waals surface area contributed by atoms with Gasteiger partial charge in [0.15, 0.2) is 8.32 Å². The van der Waals surface area contributed by atoms with Gasteiger partial charge in [0, 0.05) is 12.5 Å². The summed E-state index contributed by atoms with van der Waals surface area (Å²) in [6.07, 6.45) is 5.15. The van der Waals surface area contributed by atoms with Crippen LogP contribution in [0.2, 0.25) is 18.1 Å². The number of allylic oxidation sites excluding steroid dienone is 3. The maximum atomic E-state index is 11.5. The summed E-state index contributed by atoms with van der Waals surface area (Å²) in [6, 6.07) is 3.20. The van der Waals surface area contributed by atoms with E-state index in [-0.39, 0.29) is 30.4 Å². The zero-order valence-electron chi connectivity index (χ0n) is 18.8. The summed E-state index contributed by atoms with van der Waals surface area (Å²) in [6.45, 7) is 16.4. The fourth-order valence-electron chi connectivity index (χ4n) is 3.75. The molecule has 5 heteroatoms. The van der Waals surface area contributed by atoms with E-state index >= 15 is 0 Å². The molecule has 160 valence electrons. The first-order valence-electron chi connectivity index (χ1n) is 10.8. The molecule has 0 unspecified atom stereocenters. The van der Waals surface area contributed by atoms with Gasteiger partial charge in [-0.15, -0.1) is 0 Å². The second-order valence-corrected chi connectivity index (χ2v) is 12.9. The summed E-state index contributed by atoms with van der Waals surface area (Å²) in [5, 5.41) is 0. The quantitative estimate of drug-likeness (QED) is 0.168. The highest BCUT2D eigenvalue weighted by Gasteiger charge is 2.56. The Bertz CT molecular complexity index is 723. The van der Waals surface area contributed by atoms with Crippen LogP contribution in [0.15, 0.2) is 35.5 Å². The molecule has 1 aliphatic carbocycles. The third kappa shape index (κ3) is 6.43. The highest BCUT2D eigenvalue weighted by Crippen LogP contribution is 2.42. The summed E-state index contributed by atoms with van der Waals surface area (Å²) in [4.78, 5) is 11.5. The predicted molar refractivity (Wildman–Crippen MR) is 120 cm³/mol. The van der Waals surface area contributed by atoms with E-state index in [1.165, 1.54) is 12.5 Å². The van der Waals surface area contributed by atoms with Gasteiger partial charge in [-0.2, -0.15) is 0 Å². The second-order valence-electron chi connectivity index (χ2n) is 8.22. The van der Waals surface area contributed by atoms with Gasteiger partial charge in [0.05, 0.1) is 0 Å². The van der Waals surface area contributed by atoms with Crippen molar-refractivity contribution in [3.8, 4) is 11.8 Å². The molecule has 0 aromatic carbocycles. The fraction of sp³-hybridized carbons (Fsp3) is 0.625. The Hall–Kier alpha value is -1.61. The normalized spacial score (nSPS) is 25.1. The molecule has 2 aliphatic rings. The molecule has 1 heterocycles. The van der Waals surface area contributed by atoms with Crippen LogP contribution in [0.5, 0.6) is 0 Å². The first-order valence-corrected chi connectivity index (χ1v) is 13.3. The Morgan fingerprint density at radius 3 is 2.41 bits per heavy atom. The number of ether oxygens (including phenoxy) is 2. The van der Waals surface area contributed by atoms with Crippen molar-refractivity contribution >= 4 is 14.3 Å². The van der Waals surface area contributed by atoms with Crippen LogP contribution in [0, 0.1) is 11.8 Å². The van der Waals surface area contributed by atoms with Crippen LogP contribution in [0.3, 0.4) is 0 Å². The lowest BCUT2D eigenvalue weighted by Gasteiger charge is -2.34. The van der Waals surface area contributed by atoms with Gasteiger partial charge in [-0.1, -0.05) is 50.8 Å². The van der Waals surface area contributed by atoms with Gasteiger partial charge in [-0.25, -0.2) is 0 Å². The lowest BCUT2D eigenvalue weighted by Crippen LogP contribution is -2.45. The van der Waals surface area contributed by atoms with E-state index < -0.39 is 8.32 Å². The van der Waals surface area contributed by atoms with Crippen molar-refractivity contribution in [3.05, 3.63) is 35.5 Å². The Kier molecular flexibility index (Phi) is 8.51. The summed E-state index contributed by atoms with van der Waals surface area (Å²) < 4.78 is 18.1. The predicted octanol–water partition coefficient (Wildman–Crippen LogP) is 5.32. The van der Waals surface area contributed by atoms with Crippen LogP contribution >= 0.6 is 0 Å². The van der Waals surface area contributed by atoms with Gasteiger partial charge < -0.3 is 13.9 Å². The molecule has 4 atom stereocenters. The highest BCUT2D eigenvalue weighted by molar-refractivity contribution is 6.73. The third-order valence-corrected chi connectivity index (χ3v) is 10.4. The van der Waals surface area contributed by atoms with Crippen LogP contribution in [0.1, 0.15) is 54.4 Å². The van der Waals surface area contributed by atoms with Crippen molar-refractivity contribution in [2.75, 3.05) is 0 Å². The summed E-state index contributed by atoms with van der Waals surface area (Å²) in [5.41, 5.74) is 3.07. The number of carbonyl (C=O) groups excluding carboxylic acids is 1. The minimum Gasteiger partial charge on any atom is -0.455 e. The lowest BCUT2D eigenvalue weighted by molar-refractivity contribution is -0.145. The molecular formula is C24H36O4Si. The second kappa shape index (κ2) is 10.4. The molecule has 0 aromatic rings. The first kappa shape index (κ1) is 23.7. The molecule has 0 saturated carbocycles. The number of epoxide rings is 1. The van der Waals surface area contributed by atoms with Gasteiger partial charge in [0.2, 0.25) is 0 Å². The number of esters is 1. The van der Waals surface area contributed by atoms with Gasteiger partial charge >= 0.3 is 5.97 Å². The maximum Gasteiger partial charge on any atom is 0.303 e. The monoisotopic (exact) mass is 416 g/mol. The molecule has 0 spiro atoms. The van der Waals surface area contributed by atoms with Gasteiger partial charge in [-0.3, -0.25) is 4.79 Å². The smallest absolute Gasteiger partial charge is 0.303 e. The molecule has 1 saturated heterocycles. The molecule has 0 bridgehead atoms. The average Bonchev–Trinajstić information content (AvgIpc) is 3.47. The standard InChI is InChI=1S/C24H36O4Si/c1-8-29(9-2,10-3)28-22-20(15-14-18(6)13-11-12-17(4)5)16-21(26-19(7)25)23-24(22)27-23/h12,16,21-24H,6,8-11,13H2,1-5,7H3/t21-,22-,23+,24-/m1/s1. The number of fused-ring (bicyclic) bond motifs is 1. The molecular weight excluding hydrogens is 380 g/mol.